The van der Waals surface area contributed by atoms with Gasteiger partial charge in [0.05, 0.1) is 10.5 Å². The molecule has 0 unspecified atom stereocenters. The summed E-state index contributed by atoms with van der Waals surface area (Å²) in [4.78, 5) is 50.4. The number of hydrogen-bond donors (Lipinski definition) is 3. The molecular formula is C32H39BrFN5O5. The summed E-state index contributed by atoms with van der Waals surface area (Å²) in [5.74, 6) is -4.90. The molecule has 1 aromatic carbocycles. The van der Waals surface area contributed by atoms with E-state index in [2.05, 4.69) is 26.2 Å². The zero-order valence-corrected chi connectivity index (χ0v) is 27.2. The highest BCUT2D eigenvalue weighted by molar-refractivity contribution is 9.10. The molecule has 7 rings (SSSR count). The van der Waals surface area contributed by atoms with Gasteiger partial charge in [0.1, 0.15) is 17.9 Å². The van der Waals surface area contributed by atoms with Gasteiger partial charge in [0.15, 0.2) is 0 Å². The van der Waals surface area contributed by atoms with Crippen molar-refractivity contribution in [1.82, 2.24) is 25.0 Å². The quantitative estimate of drug-likeness (QED) is 0.449. The minimum Gasteiger partial charge on any atom is -0.349 e. The average molecular weight is 673 g/mol. The van der Waals surface area contributed by atoms with Crippen LogP contribution in [0, 0.1) is 23.6 Å². The molecule has 5 aliphatic rings. The van der Waals surface area contributed by atoms with Gasteiger partial charge in [-0.25, -0.2) is 4.39 Å². The molecule has 236 valence electrons. The summed E-state index contributed by atoms with van der Waals surface area (Å²) in [5.41, 5.74) is 1.15. The molecular weight excluding hydrogens is 633 g/mol. The Hall–Kier alpha value is -2.80. The van der Waals surface area contributed by atoms with Gasteiger partial charge < -0.3 is 20.3 Å². The molecule has 0 bridgehead atoms. The fourth-order valence-electron chi connectivity index (χ4n) is 8.18. The zero-order chi connectivity index (χ0) is 31.5. The van der Waals surface area contributed by atoms with Gasteiger partial charge in [-0.05, 0) is 77.8 Å². The molecule has 1 aromatic heterocycles. The van der Waals surface area contributed by atoms with Crippen molar-refractivity contribution in [3.8, 4) is 0 Å². The topological polar surface area (TPSA) is 118 Å². The van der Waals surface area contributed by atoms with Crippen LogP contribution in [0.15, 0.2) is 22.8 Å². The molecule has 44 heavy (non-hydrogen) atoms. The number of rotatable bonds is 5. The number of H-pyrrole nitrogens is 1. The molecule has 0 saturated carbocycles. The predicted octanol–water partition coefficient (Wildman–Crippen LogP) is 3.33. The number of aromatic nitrogens is 1. The summed E-state index contributed by atoms with van der Waals surface area (Å²) in [6, 6.07) is 1.41. The SMILES string of the molecule is CC(C)C[C@H]1C(=O)N2CCC[C@H]2[C@]2(O)O[C@](NC(=O)[C@@H]3C=C4c5c(F)ccc6[nH]c(Br)c(c56)C[C@H]4N(C)C3)(C(C)C)C(=O)N12. The molecule has 3 N–H and O–H groups in total. The first kappa shape index (κ1) is 29.9. The van der Waals surface area contributed by atoms with Crippen molar-refractivity contribution in [2.45, 2.75) is 83.1 Å². The Labute approximate surface area is 264 Å². The molecule has 1 aliphatic carbocycles. The monoisotopic (exact) mass is 671 g/mol. The Bertz CT molecular complexity index is 1620. The van der Waals surface area contributed by atoms with Crippen LogP contribution in [0.1, 0.15) is 58.1 Å². The van der Waals surface area contributed by atoms with Crippen molar-refractivity contribution in [2.75, 3.05) is 20.1 Å². The van der Waals surface area contributed by atoms with Gasteiger partial charge in [0.25, 0.3) is 11.8 Å². The van der Waals surface area contributed by atoms with E-state index in [-0.39, 0.29) is 23.7 Å². The summed E-state index contributed by atoms with van der Waals surface area (Å²) in [6.45, 7) is 8.27. The Morgan fingerprint density at radius 3 is 2.73 bits per heavy atom. The van der Waals surface area contributed by atoms with Crippen molar-refractivity contribution >= 4 is 50.1 Å². The molecule has 3 fully saturated rings. The number of aliphatic hydroxyl groups is 1. The second-order valence-electron chi connectivity index (χ2n) is 13.8. The van der Waals surface area contributed by atoms with E-state index >= 15 is 4.39 Å². The van der Waals surface area contributed by atoms with E-state index in [0.717, 1.165) is 26.6 Å². The minimum atomic E-state index is -2.06. The fraction of sp³-hybridized carbons (Fsp3) is 0.594. The summed E-state index contributed by atoms with van der Waals surface area (Å²) in [6.07, 6.45) is 4.00. The van der Waals surface area contributed by atoms with Crippen LogP contribution in [0.5, 0.6) is 0 Å². The summed E-state index contributed by atoms with van der Waals surface area (Å²) < 4.78 is 22.7. The number of benzene rings is 1. The van der Waals surface area contributed by atoms with Gasteiger partial charge in [-0.2, -0.15) is 0 Å². The third-order valence-corrected chi connectivity index (χ3v) is 11.0. The highest BCUT2D eigenvalue weighted by Gasteiger charge is 2.72. The first-order chi connectivity index (χ1) is 20.8. The van der Waals surface area contributed by atoms with Crippen LogP contribution < -0.4 is 5.32 Å². The van der Waals surface area contributed by atoms with E-state index in [1.165, 1.54) is 11.0 Å². The Morgan fingerprint density at radius 1 is 1.27 bits per heavy atom. The van der Waals surface area contributed by atoms with Gasteiger partial charge >= 0.3 is 0 Å². The standard InChI is InChI=1S/C32H39BrFN5O5/c1-15(2)11-23-29(41)38-10-6-7-24(38)32(43)39(23)30(42)31(44-32,16(3)4)36-28(40)17-12-18-22(37(5)14-17)13-19-26-21(35-27(19)33)9-8-20(34)25(18)26/h8-9,12,15-17,22-24,35,43H,6-7,10-11,13-14H2,1-5H3,(H,36,40)/t17-,22-,23+,24+,31-,32+/m1/s1. The zero-order valence-electron chi connectivity index (χ0n) is 25.6. The molecule has 3 amide bonds. The lowest BCUT2D eigenvalue weighted by molar-refractivity contribution is -0.322. The van der Waals surface area contributed by atoms with Crippen molar-refractivity contribution in [3.63, 3.8) is 0 Å². The molecule has 2 aromatic rings. The van der Waals surface area contributed by atoms with Crippen LogP contribution in [0.4, 0.5) is 4.39 Å². The van der Waals surface area contributed by atoms with Gasteiger partial charge in [0.2, 0.25) is 17.5 Å². The molecule has 3 saturated heterocycles. The summed E-state index contributed by atoms with van der Waals surface area (Å²) in [5, 5.41) is 15.9. The summed E-state index contributed by atoms with van der Waals surface area (Å²) >= 11 is 3.60. The van der Waals surface area contributed by atoms with Gasteiger partial charge in [-0.3, -0.25) is 28.9 Å². The number of aromatic amines is 1. The molecule has 0 radical (unpaired) electrons. The molecule has 4 aliphatic heterocycles. The lowest BCUT2D eigenvalue weighted by atomic mass is 9.79. The van der Waals surface area contributed by atoms with Crippen LogP contribution >= 0.6 is 15.9 Å². The fourth-order valence-corrected chi connectivity index (χ4v) is 8.76. The van der Waals surface area contributed by atoms with Gasteiger partial charge in [-0.1, -0.05) is 33.8 Å². The van der Waals surface area contributed by atoms with Crippen LogP contribution in [-0.2, 0) is 25.5 Å². The number of hydrogen-bond acceptors (Lipinski definition) is 6. The number of ether oxygens (including phenoxy) is 1. The Morgan fingerprint density at radius 2 is 2.02 bits per heavy atom. The molecule has 6 atom stereocenters. The number of carbonyl (C=O) groups excluding carboxylic acids is 3. The van der Waals surface area contributed by atoms with Gasteiger partial charge in [-0.15, -0.1) is 0 Å². The lowest BCUT2D eigenvalue weighted by Gasteiger charge is -2.49. The highest BCUT2D eigenvalue weighted by Crippen LogP contribution is 2.49. The predicted molar refractivity (Wildman–Crippen MR) is 164 cm³/mol. The van der Waals surface area contributed by atoms with E-state index in [1.54, 1.807) is 24.8 Å². The number of nitrogens with zero attached hydrogens (tertiary/aromatic N) is 3. The first-order valence-electron chi connectivity index (χ1n) is 15.6. The average Bonchev–Trinajstić information content (AvgIpc) is 3.64. The van der Waals surface area contributed by atoms with Crippen LogP contribution in [-0.4, -0.2) is 92.4 Å². The van der Waals surface area contributed by atoms with Gasteiger partial charge in [0, 0.05) is 41.5 Å². The van der Waals surface area contributed by atoms with E-state index < -0.39 is 47.4 Å². The number of nitrogens with one attached hydrogen (secondary N) is 2. The molecule has 12 heteroatoms. The molecule has 0 spiro atoms. The largest absolute Gasteiger partial charge is 0.349 e. The second kappa shape index (κ2) is 10.1. The second-order valence-corrected chi connectivity index (χ2v) is 14.6. The Balaban J connectivity index is 1.26. The minimum absolute atomic E-state index is 0.0719. The normalized spacial score (nSPS) is 33.3. The maximum atomic E-state index is 15.5. The third kappa shape index (κ3) is 4.03. The van der Waals surface area contributed by atoms with E-state index in [9.17, 15) is 19.5 Å². The lowest BCUT2D eigenvalue weighted by Crippen LogP contribution is -2.71. The molecule has 10 nitrogen and oxygen atoms in total. The Kier molecular flexibility index (Phi) is 6.86. The van der Waals surface area contributed by atoms with Crippen molar-refractivity contribution in [2.24, 2.45) is 17.8 Å². The van der Waals surface area contributed by atoms with Crippen molar-refractivity contribution in [3.05, 3.63) is 39.8 Å². The van der Waals surface area contributed by atoms with Crippen LogP contribution in [0.25, 0.3) is 16.5 Å². The number of carbonyl (C=O) groups is 3. The number of amides is 3. The highest BCUT2D eigenvalue weighted by atomic mass is 79.9. The number of piperazine rings is 1. The first-order valence-corrected chi connectivity index (χ1v) is 16.4. The van der Waals surface area contributed by atoms with E-state index in [1.807, 2.05) is 31.9 Å². The maximum absolute atomic E-state index is 15.5. The maximum Gasteiger partial charge on any atom is 0.281 e. The van der Waals surface area contributed by atoms with E-state index in [4.69, 9.17) is 4.74 Å². The smallest absolute Gasteiger partial charge is 0.281 e. The van der Waals surface area contributed by atoms with Crippen LogP contribution in [0.2, 0.25) is 0 Å². The summed E-state index contributed by atoms with van der Waals surface area (Å²) in [7, 11) is 1.91. The third-order valence-electron chi connectivity index (χ3n) is 10.3. The number of halogens is 2. The molecule has 5 heterocycles. The number of fused-ring (bicyclic) bond motifs is 5. The van der Waals surface area contributed by atoms with Crippen molar-refractivity contribution in [1.29, 1.82) is 0 Å². The van der Waals surface area contributed by atoms with Crippen LogP contribution in [0.3, 0.4) is 0 Å². The van der Waals surface area contributed by atoms with Crippen molar-refractivity contribution < 1.29 is 28.6 Å². The van der Waals surface area contributed by atoms with E-state index in [0.29, 0.717) is 44.3 Å². The number of likely N-dealkylation sites (N-methyl/N-ethyl adjacent to an activating group) is 1.